The number of aliphatic carboxylic acids is 1. The van der Waals surface area contributed by atoms with Crippen molar-refractivity contribution in [2.75, 3.05) is 25.1 Å². The lowest BCUT2D eigenvalue weighted by Crippen LogP contribution is -2.46. The third-order valence-electron chi connectivity index (χ3n) is 3.38. The molecule has 0 spiro atoms. The molecule has 1 aliphatic rings. The second-order valence-electron chi connectivity index (χ2n) is 5.03. The molecule has 2 atom stereocenters. The molecule has 1 aliphatic heterocycles. The van der Waals surface area contributed by atoms with E-state index >= 15 is 0 Å². The van der Waals surface area contributed by atoms with Crippen LogP contribution in [0.15, 0.2) is 0 Å². The predicted octanol–water partition coefficient (Wildman–Crippen LogP) is 1.14. The van der Waals surface area contributed by atoms with Crippen LogP contribution in [-0.2, 0) is 4.79 Å². The van der Waals surface area contributed by atoms with Crippen LogP contribution in [0.2, 0.25) is 0 Å². The van der Waals surface area contributed by atoms with Crippen LogP contribution in [0.4, 0.5) is 4.79 Å². The predicted molar refractivity (Wildman–Crippen MR) is 79.0 cm³/mol. The first-order chi connectivity index (χ1) is 9.56. The molecule has 20 heavy (non-hydrogen) atoms. The Hall–Kier alpha value is -0.950. The summed E-state index contributed by atoms with van der Waals surface area (Å²) in [5.41, 5.74) is 0. The standard InChI is InChI=1S/C13H24N2O4S/c1-20-7-5-3-2-4-6-14-13(19)15-9-10(16)8-11(15)12(17)18/h10-11,16H,2-9H2,1H3,(H,14,19)(H,17,18). The van der Waals surface area contributed by atoms with Crippen LogP contribution in [0.5, 0.6) is 0 Å². The topological polar surface area (TPSA) is 89.9 Å². The van der Waals surface area contributed by atoms with Gasteiger partial charge in [-0.3, -0.25) is 0 Å². The van der Waals surface area contributed by atoms with Crippen molar-refractivity contribution >= 4 is 23.8 Å². The minimum absolute atomic E-state index is 0.0938. The first-order valence-electron chi connectivity index (χ1n) is 7.00. The van der Waals surface area contributed by atoms with E-state index in [1.165, 1.54) is 11.3 Å². The van der Waals surface area contributed by atoms with Gasteiger partial charge in [0.15, 0.2) is 0 Å². The number of thioether (sulfide) groups is 1. The maximum atomic E-state index is 11.9. The highest BCUT2D eigenvalue weighted by molar-refractivity contribution is 7.98. The number of carboxylic acid groups (broad SMARTS) is 1. The number of unbranched alkanes of at least 4 members (excludes halogenated alkanes) is 3. The van der Waals surface area contributed by atoms with Crippen molar-refractivity contribution in [2.45, 2.75) is 44.2 Å². The summed E-state index contributed by atoms with van der Waals surface area (Å²) in [6, 6.07) is -1.30. The molecule has 1 saturated heterocycles. The largest absolute Gasteiger partial charge is 0.480 e. The summed E-state index contributed by atoms with van der Waals surface area (Å²) in [5.74, 6) is 0.104. The van der Waals surface area contributed by atoms with Gasteiger partial charge in [0, 0.05) is 19.5 Å². The van der Waals surface area contributed by atoms with Gasteiger partial charge in [-0.15, -0.1) is 0 Å². The zero-order valence-corrected chi connectivity index (χ0v) is 12.7. The van der Waals surface area contributed by atoms with Gasteiger partial charge in [0.25, 0.3) is 0 Å². The van der Waals surface area contributed by atoms with Crippen molar-refractivity contribution < 1.29 is 19.8 Å². The molecule has 6 nitrogen and oxygen atoms in total. The summed E-state index contributed by atoms with van der Waals surface area (Å²) in [4.78, 5) is 24.1. The van der Waals surface area contributed by atoms with Gasteiger partial charge in [-0.1, -0.05) is 12.8 Å². The second kappa shape index (κ2) is 9.07. The molecule has 2 unspecified atom stereocenters. The monoisotopic (exact) mass is 304 g/mol. The molecular formula is C13H24N2O4S. The Bertz CT molecular complexity index is 327. The van der Waals surface area contributed by atoms with Gasteiger partial charge in [0.05, 0.1) is 6.10 Å². The molecule has 0 aliphatic carbocycles. The number of carbonyl (C=O) groups is 2. The SMILES string of the molecule is CSCCCCCCNC(=O)N1CC(O)CC1C(=O)O. The smallest absolute Gasteiger partial charge is 0.326 e. The fourth-order valence-corrected chi connectivity index (χ4v) is 2.79. The van der Waals surface area contributed by atoms with Crippen molar-refractivity contribution in [1.82, 2.24) is 10.2 Å². The minimum Gasteiger partial charge on any atom is -0.480 e. The number of carboxylic acids is 1. The highest BCUT2D eigenvalue weighted by Gasteiger charge is 2.38. The number of carbonyl (C=O) groups excluding carboxylic acids is 1. The number of nitrogens with one attached hydrogen (secondary N) is 1. The minimum atomic E-state index is -1.06. The maximum absolute atomic E-state index is 11.9. The first kappa shape index (κ1) is 17.1. The Balaban J connectivity index is 2.20. The maximum Gasteiger partial charge on any atom is 0.326 e. The molecule has 7 heteroatoms. The van der Waals surface area contributed by atoms with Crippen molar-refractivity contribution in [3.63, 3.8) is 0 Å². The number of amides is 2. The molecule has 0 aromatic carbocycles. The quantitative estimate of drug-likeness (QED) is 0.585. The second-order valence-corrected chi connectivity index (χ2v) is 6.02. The number of aliphatic hydroxyl groups is 1. The first-order valence-corrected chi connectivity index (χ1v) is 8.40. The van der Waals surface area contributed by atoms with E-state index in [1.54, 1.807) is 0 Å². The fourth-order valence-electron chi connectivity index (χ4n) is 2.29. The summed E-state index contributed by atoms with van der Waals surface area (Å²) in [6.07, 6.45) is 5.75. The summed E-state index contributed by atoms with van der Waals surface area (Å²) in [5, 5.41) is 21.2. The number of hydrogen-bond acceptors (Lipinski definition) is 4. The van der Waals surface area contributed by atoms with Crippen molar-refractivity contribution in [2.24, 2.45) is 0 Å². The zero-order valence-electron chi connectivity index (χ0n) is 11.9. The number of β-amino-alcohol motifs (C(OH)–C–C–N with tert-alkyl or cyclic N) is 1. The van der Waals surface area contributed by atoms with E-state index in [4.69, 9.17) is 5.11 Å². The number of hydrogen-bond donors (Lipinski definition) is 3. The Kier molecular flexibility index (Phi) is 7.76. The van der Waals surface area contributed by atoms with Crippen LogP contribution in [0.1, 0.15) is 32.1 Å². The van der Waals surface area contributed by atoms with Gasteiger partial charge >= 0.3 is 12.0 Å². The fraction of sp³-hybridized carbons (Fsp3) is 0.846. The van der Waals surface area contributed by atoms with Crippen molar-refractivity contribution in [1.29, 1.82) is 0 Å². The molecule has 2 amide bonds. The lowest BCUT2D eigenvalue weighted by Gasteiger charge is -2.21. The van der Waals surface area contributed by atoms with Gasteiger partial charge < -0.3 is 20.4 Å². The van der Waals surface area contributed by atoms with Crippen molar-refractivity contribution in [3.05, 3.63) is 0 Å². The zero-order chi connectivity index (χ0) is 15.0. The van der Waals surface area contributed by atoms with Crippen LogP contribution in [0, 0.1) is 0 Å². The average molecular weight is 304 g/mol. The molecular weight excluding hydrogens is 280 g/mol. The van der Waals surface area contributed by atoms with Crippen LogP contribution < -0.4 is 5.32 Å². The van der Waals surface area contributed by atoms with Gasteiger partial charge in [0.1, 0.15) is 6.04 Å². The highest BCUT2D eigenvalue weighted by Crippen LogP contribution is 2.18. The molecule has 1 rings (SSSR count). The normalized spacial score (nSPS) is 22.0. The molecule has 0 saturated carbocycles. The highest BCUT2D eigenvalue weighted by atomic mass is 32.2. The number of likely N-dealkylation sites (tertiary alicyclic amines) is 1. The summed E-state index contributed by atoms with van der Waals surface area (Å²) >= 11 is 1.83. The molecule has 3 N–H and O–H groups in total. The van der Waals surface area contributed by atoms with Gasteiger partial charge in [0.2, 0.25) is 0 Å². The number of rotatable bonds is 8. The summed E-state index contributed by atoms with van der Waals surface area (Å²) < 4.78 is 0. The van der Waals surface area contributed by atoms with Crippen LogP contribution in [0.25, 0.3) is 0 Å². The molecule has 116 valence electrons. The molecule has 1 heterocycles. The summed E-state index contributed by atoms with van der Waals surface area (Å²) in [6.45, 7) is 0.646. The van der Waals surface area contributed by atoms with E-state index in [9.17, 15) is 14.7 Å². The lowest BCUT2D eigenvalue weighted by molar-refractivity contribution is -0.141. The molecule has 0 bridgehead atoms. The molecule has 0 aromatic rings. The van der Waals surface area contributed by atoms with E-state index in [2.05, 4.69) is 11.6 Å². The van der Waals surface area contributed by atoms with Gasteiger partial charge in [-0.2, -0.15) is 11.8 Å². The van der Waals surface area contributed by atoms with E-state index < -0.39 is 24.1 Å². The van der Waals surface area contributed by atoms with Crippen LogP contribution >= 0.6 is 11.8 Å². The number of aliphatic hydroxyl groups excluding tert-OH is 1. The van der Waals surface area contributed by atoms with E-state index in [1.807, 2.05) is 11.8 Å². The van der Waals surface area contributed by atoms with E-state index in [0.29, 0.717) is 6.54 Å². The molecule has 0 radical (unpaired) electrons. The van der Waals surface area contributed by atoms with Gasteiger partial charge in [-0.25, -0.2) is 9.59 Å². The van der Waals surface area contributed by atoms with Gasteiger partial charge in [-0.05, 0) is 24.9 Å². The van der Waals surface area contributed by atoms with Crippen LogP contribution in [-0.4, -0.2) is 64.4 Å². The molecule has 1 fully saturated rings. The van der Waals surface area contributed by atoms with E-state index in [-0.39, 0.29) is 13.0 Å². The van der Waals surface area contributed by atoms with Crippen LogP contribution in [0.3, 0.4) is 0 Å². The Morgan fingerprint density at radius 3 is 2.65 bits per heavy atom. The number of nitrogens with zero attached hydrogens (tertiary/aromatic N) is 1. The van der Waals surface area contributed by atoms with E-state index in [0.717, 1.165) is 25.0 Å². The Morgan fingerprint density at radius 2 is 2.00 bits per heavy atom. The number of urea groups is 1. The molecule has 0 aromatic heterocycles. The van der Waals surface area contributed by atoms with Crippen molar-refractivity contribution in [3.8, 4) is 0 Å². The lowest BCUT2D eigenvalue weighted by atomic mass is 10.2. The third kappa shape index (κ3) is 5.58. The third-order valence-corrected chi connectivity index (χ3v) is 4.07. The average Bonchev–Trinajstić information content (AvgIpc) is 2.80. The Labute approximate surface area is 123 Å². The Morgan fingerprint density at radius 1 is 1.30 bits per heavy atom. The summed E-state index contributed by atoms with van der Waals surface area (Å²) in [7, 11) is 0.